The minimum absolute atomic E-state index is 0. The summed E-state index contributed by atoms with van der Waals surface area (Å²) in [5.41, 5.74) is 1.88. The van der Waals surface area contributed by atoms with Crippen LogP contribution in [0.2, 0.25) is 10.0 Å². The van der Waals surface area contributed by atoms with Crippen molar-refractivity contribution in [2.45, 2.75) is 38.2 Å². The fourth-order valence-corrected chi connectivity index (χ4v) is 4.82. The maximum atomic E-state index is 10.6. The molecule has 1 aliphatic heterocycles. The molecule has 2 aromatic carbocycles. The molecule has 0 aliphatic carbocycles. The number of β-amino-alcohol motifs (C(OH)–C–C–N with tert-alkyl or cyclic N) is 1. The third-order valence-electron chi connectivity index (χ3n) is 6.40. The quantitative estimate of drug-likeness (QED) is 0.271. The summed E-state index contributed by atoms with van der Waals surface area (Å²) >= 11 is 12.2. The standard InChI is InChI=1S/C26H27Cl2N3O4.ClH/c1-2-25-29-30-26(35-25)24-13-19-22(4-3-5-23(19)34-24)33-15-18(32)14-31-10-8-16(9-11-31)17-6-7-20(27)21(28)12-17;/h3-7,12-13,16,18,32H,2,8-11,14-15H2,1H3;1H/t18-;/m0./s1. The predicted molar refractivity (Wildman–Crippen MR) is 143 cm³/mol. The van der Waals surface area contributed by atoms with Gasteiger partial charge in [0.05, 0.1) is 15.4 Å². The van der Waals surface area contributed by atoms with Crippen molar-refractivity contribution in [2.75, 3.05) is 26.2 Å². The Labute approximate surface area is 225 Å². The molecule has 192 valence electrons. The van der Waals surface area contributed by atoms with Crippen LogP contribution in [0.1, 0.15) is 37.1 Å². The summed E-state index contributed by atoms with van der Waals surface area (Å²) in [6.45, 7) is 4.51. The summed E-state index contributed by atoms with van der Waals surface area (Å²) in [5, 5.41) is 20.7. The molecule has 0 spiro atoms. The first-order chi connectivity index (χ1) is 17.0. The van der Waals surface area contributed by atoms with Gasteiger partial charge in [-0.25, -0.2) is 0 Å². The van der Waals surface area contributed by atoms with E-state index in [1.807, 2.05) is 43.3 Å². The highest BCUT2D eigenvalue weighted by atomic mass is 35.5. The number of aliphatic hydroxyl groups excluding tert-OH is 1. The fraction of sp³-hybridized carbons (Fsp3) is 0.385. The van der Waals surface area contributed by atoms with Crippen LogP contribution in [0.5, 0.6) is 5.75 Å². The number of aliphatic hydroxyl groups is 1. The van der Waals surface area contributed by atoms with E-state index >= 15 is 0 Å². The Kier molecular flexibility index (Phi) is 8.80. The largest absolute Gasteiger partial charge is 0.490 e. The van der Waals surface area contributed by atoms with Crippen molar-refractivity contribution in [3.63, 3.8) is 0 Å². The SMILES string of the molecule is CCc1nnc(-c2cc3c(OC[C@@H](O)CN4CCC(c5ccc(Cl)c(Cl)c5)CC4)cccc3o2)o1.Cl. The highest BCUT2D eigenvalue weighted by Gasteiger charge is 2.23. The predicted octanol–water partition coefficient (Wildman–Crippen LogP) is 6.39. The molecule has 0 saturated carbocycles. The van der Waals surface area contributed by atoms with Crippen molar-refractivity contribution in [3.05, 3.63) is 64.0 Å². The van der Waals surface area contributed by atoms with Crippen LogP contribution in [-0.4, -0.2) is 52.5 Å². The van der Waals surface area contributed by atoms with E-state index in [0.29, 0.717) is 57.8 Å². The molecule has 3 heterocycles. The summed E-state index contributed by atoms with van der Waals surface area (Å²) in [4.78, 5) is 2.28. The van der Waals surface area contributed by atoms with Gasteiger partial charge in [-0.15, -0.1) is 22.6 Å². The van der Waals surface area contributed by atoms with Crippen molar-refractivity contribution < 1.29 is 18.7 Å². The van der Waals surface area contributed by atoms with Crippen molar-refractivity contribution in [1.29, 1.82) is 0 Å². The van der Waals surface area contributed by atoms with Crippen molar-refractivity contribution in [3.8, 4) is 17.4 Å². The number of furan rings is 1. The molecule has 0 unspecified atom stereocenters. The average molecular weight is 553 g/mol. The topological polar surface area (TPSA) is 84.8 Å². The molecular formula is C26H28Cl3N3O4. The molecule has 10 heteroatoms. The zero-order chi connectivity index (χ0) is 24.4. The number of benzene rings is 2. The van der Waals surface area contributed by atoms with Crippen LogP contribution < -0.4 is 4.74 Å². The molecule has 0 bridgehead atoms. The van der Waals surface area contributed by atoms with Gasteiger partial charge in [0.15, 0.2) is 5.76 Å². The zero-order valence-electron chi connectivity index (χ0n) is 19.8. The number of aromatic nitrogens is 2. The number of piperidine rings is 1. The smallest absolute Gasteiger partial charge is 0.283 e. The van der Waals surface area contributed by atoms with Crippen LogP contribution in [0.15, 0.2) is 51.3 Å². The monoisotopic (exact) mass is 551 g/mol. The molecule has 2 aromatic heterocycles. The summed E-state index contributed by atoms with van der Waals surface area (Å²) in [6, 6.07) is 13.3. The Bertz CT molecular complexity index is 1300. The normalized spacial score (nSPS) is 15.7. The van der Waals surface area contributed by atoms with E-state index in [2.05, 4.69) is 21.2 Å². The van der Waals surface area contributed by atoms with E-state index in [9.17, 15) is 5.11 Å². The van der Waals surface area contributed by atoms with E-state index in [0.717, 1.165) is 31.3 Å². The summed E-state index contributed by atoms with van der Waals surface area (Å²) in [6.07, 6.45) is 2.07. The summed E-state index contributed by atoms with van der Waals surface area (Å²) in [7, 11) is 0. The minimum atomic E-state index is -0.610. The fourth-order valence-electron chi connectivity index (χ4n) is 4.51. The maximum absolute atomic E-state index is 10.6. The Morgan fingerprint density at radius 2 is 1.89 bits per heavy atom. The molecule has 5 rings (SSSR count). The molecule has 1 saturated heterocycles. The van der Waals surface area contributed by atoms with Crippen molar-refractivity contribution >= 4 is 46.6 Å². The van der Waals surface area contributed by atoms with Gasteiger partial charge in [0, 0.05) is 19.0 Å². The third-order valence-corrected chi connectivity index (χ3v) is 7.14. The van der Waals surface area contributed by atoms with Crippen LogP contribution in [-0.2, 0) is 6.42 Å². The number of nitrogens with zero attached hydrogens (tertiary/aromatic N) is 3. The van der Waals surface area contributed by atoms with Gasteiger partial charge in [0.25, 0.3) is 5.89 Å². The van der Waals surface area contributed by atoms with Crippen LogP contribution in [0.25, 0.3) is 22.6 Å². The number of aryl methyl sites for hydroxylation is 1. The van der Waals surface area contributed by atoms with Gasteiger partial charge in [-0.05, 0) is 61.7 Å². The first kappa shape index (κ1) is 26.8. The van der Waals surface area contributed by atoms with Crippen molar-refractivity contribution in [2.24, 2.45) is 0 Å². The second kappa shape index (κ2) is 11.8. The zero-order valence-corrected chi connectivity index (χ0v) is 22.2. The first-order valence-electron chi connectivity index (χ1n) is 11.8. The van der Waals surface area contributed by atoms with Crippen LogP contribution in [0.4, 0.5) is 0 Å². The van der Waals surface area contributed by atoms with E-state index in [-0.39, 0.29) is 19.0 Å². The number of likely N-dealkylation sites (tertiary alicyclic amines) is 1. The van der Waals surface area contributed by atoms with Crippen molar-refractivity contribution in [1.82, 2.24) is 15.1 Å². The highest BCUT2D eigenvalue weighted by molar-refractivity contribution is 6.42. The lowest BCUT2D eigenvalue weighted by Crippen LogP contribution is -2.40. The number of hydrogen-bond acceptors (Lipinski definition) is 7. The number of rotatable bonds is 8. The lowest BCUT2D eigenvalue weighted by Gasteiger charge is -2.33. The molecule has 1 fully saturated rings. The van der Waals surface area contributed by atoms with Gasteiger partial charge in [-0.1, -0.05) is 42.3 Å². The lowest BCUT2D eigenvalue weighted by atomic mass is 9.89. The summed E-state index contributed by atoms with van der Waals surface area (Å²) < 4.78 is 17.5. The van der Waals surface area contributed by atoms with Gasteiger partial charge < -0.3 is 23.6 Å². The molecule has 7 nitrogen and oxygen atoms in total. The van der Waals surface area contributed by atoms with Crippen LogP contribution in [0.3, 0.4) is 0 Å². The molecule has 1 atom stereocenters. The number of halogens is 3. The first-order valence-corrected chi connectivity index (χ1v) is 12.6. The lowest BCUT2D eigenvalue weighted by molar-refractivity contribution is 0.0599. The minimum Gasteiger partial charge on any atom is -0.490 e. The molecule has 36 heavy (non-hydrogen) atoms. The molecular weight excluding hydrogens is 525 g/mol. The molecule has 1 aliphatic rings. The van der Waals surface area contributed by atoms with Gasteiger partial charge in [0.2, 0.25) is 5.89 Å². The number of fused-ring (bicyclic) bond motifs is 1. The van der Waals surface area contributed by atoms with E-state index in [1.54, 1.807) is 0 Å². The highest BCUT2D eigenvalue weighted by Crippen LogP contribution is 2.34. The maximum Gasteiger partial charge on any atom is 0.283 e. The third kappa shape index (κ3) is 5.98. The molecule has 0 radical (unpaired) electrons. The van der Waals surface area contributed by atoms with Gasteiger partial charge >= 0.3 is 0 Å². The number of ether oxygens (including phenoxy) is 1. The summed E-state index contributed by atoms with van der Waals surface area (Å²) in [5.74, 6) is 2.49. The Morgan fingerprint density at radius 3 is 2.61 bits per heavy atom. The Balaban J connectivity index is 0.00000304. The van der Waals surface area contributed by atoms with Crippen LogP contribution >= 0.6 is 35.6 Å². The van der Waals surface area contributed by atoms with Gasteiger partial charge in [0.1, 0.15) is 24.0 Å². The van der Waals surface area contributed by atoms with Crippen LogP contribution in [0, 0.1) is 0 Å². The molecule has 1 N–H and O–H groups in total. The second-order valence-electron chi connectivity index (χ2n) is 8.85. The van der Waals surface area contributed by atoms with E-state index in [4.69, 9.17) is 36.8 Å². The Morgan fingerprint density at radius 1 is 1.08 bits per heavy atom. The van der Waals surface area contributed by atoms with Gasteiger partial charge in [-0.3, -0.25) is 0 Å². The second-order valence-corrected chi connectivity index (χ2v) is 9.66. The molecule has 0 amide bonds. The molecule has 4 aromatic rings. The number of hydrogen-bond donors (Lipinski definition) is 1. The van der Waals surface area contributed by atoms with Gasteiger partial charge in [-0.2, -0.15) is 0 Å². The Hall–Kier alpha value is -2.29. The van der Waals surface area contributed by atoms with E-state index < -0.39 is 6.10 Å². The van der Waals surface area contributed by atoms with E-state index in [1.165, 1.54) is 5.56 Å². The average Bonchev–Trinajstić information content (AvgIpc) is 3.52.